The third kappa shape index (κ3) is 7.27. The molecule has 150 valence electrons. The minimum Gasteiger partial charge on any atom is -0.481 e. The van der Waals surface area contributed by atoms with Gasteiger partial charge in [-0.25, -0.2) is 10.3 Å². The molecule has 1 N–H and O–H groups in total. The molecular weight excluding hydrogens is 372 g/mol. The van der Waals surface area contributed by atoms with E-state index in [9.17, 15) is 9.59 Å². The summed E-state index contributed by atoms with van der Waals surface area (Å²) in [4.78, 5) is 31.1. The molecule has 1 aliphatic heterocycles. The summed E-state index contributed by atoms with van der Waals surface area (Å²) in [5, 5.41) is 0.597. The Morgan fingerprint density at radius 2 is 1.96 bits per heavy atom. The van der Waals surface area contributed by atoms with Crippen molar-refractivity contribution in [2.24, 2.45) is 5.92 Å². The van der Waals surface area contributed by atoms with Crippen LogP contribution in [0.4, 0.5) is 4.79 Å². The van der Waals surface area contributed by atoms with Gasteiger partial charge in [-0.2, -0.15) is 0 Å². The van der Waals surface area contributed by atoms with Gasteiger partial charge in [-0.05, 0) is 58.4 Å². The van der Waals surface area contributed by atoms with Crippen molar-refractivity contribution in [2.75, 3.05) is 19.7 Å². The van der Waals surface area contributed by atoms with E-state index < -0.39 is 11.7 Å². The Kier molecular flexibility index (Phi) is 7.33. The van der Waals surface area contributed by atoms with Gasteiger partial charge in [-0.3, -0.25) is 9.63 Å². The van der Waals surface area contributed by atoms with E-state index in [2.05, 4.69) is 5.48 Å². The average molecular weight is 399 g/mol. The topological polar surface area (TPSA) is 77.1 Å². The molecule has 2 atom stereocenters. The van der Waals surface area contributed by atoms with Crippen LogP contribution in [0, 0.1) is 5.92 Å². The summed E-state index contributed by atoms with van der Waals surface area (Å²) in [6.07, 6.45) is -0.238. The maximum atomic E-state index is 12.0. The number of nitrogens with one attached hydrogen (secondary N) is 1. The van der Waals surface area contributed by atoms with E-state index in [0.29, 0.717) is 30.5 Å². The SMILES string of the molecule is CC(Oc1ccc(Cl)cc1)C(=O)NOCC1CCN(C(=O)OC(C)(C)C)C1. The van der Waals surface area contributed by atoms with E-state index in [-0.39, 0.29) is 17.9 Å². The first kappa shape index (κ1) is 21.3. The van der Waals surface area contributed by atoms with Gasteiger partial charge in [0, 0.05) is 24.0 Å². The van der Waals surface area contributed by atoms with E-state index in [1.165, 1.54) is 0 Å². The fourth-order valence-electron chi connectivity index (χ4n) is 2.55. The first-order valence-electron chi connectivity index (χ1n) is 8.96. The van der Waals surface area contributed by atoms with Gasteiger partial charge in [0.05, 0.1) is 6.61 Å². The number of halogens is 1. The van der Waals surface area contributed by atoms with Gasteiger partial charge in [-0.1, -0.05) is 11.6 Å². The van der Waals surface area contributed by atoms with Crippen LogP contribution in [-0.2, 0) is 14.4 Å². The number of nitrogens with zero attached hydrogens (tertiary/aromatic N) is 1. The van der Waals surface area contributed by atoms with Crippen molar-refractivity contribution in [3.63, 3.8) is 0 Å². The van der Waals surface area contributed by atoms with Crippen LogP contribution in [0.15, 0.2) is 24.3 Å². The molecule has 2 amide bonds. The number of benzene rings is 1. The summed E-state index contributed by atoms with van der Waals surface area (Å²) in [7, 11) is 0. The molecule has 8 heteroatoms. The van der Waals surface area contributed by atoms with Gasteiger partial charge in [0.2, 0.25) is 0 Å². The normalized spacial score (nSPS) is 18.1. The maximum Gasteiger partial charge on any atom is 0.410 e. The van der Waals surface area contributed by atoms with Gasteiger partial charge in [0.15, 0.2) is 6.10 Å². The molecule has 1 saturated heterocycles. The molecule has 1 aromatic carbocycles. The summed E-state index contributed by atoms with van der Waals surface area (Å²) >= 11 is 5.82. The lowest BCUT2D eigenvalue weighted by Gasteiger charge is -2.24. The monoisotopic (exact) mass is 398 g/mol. The van der Waals surface area contributed by atoms with Crippen molar-refractivity contribution in [2.45, 2.75) is 45.8 Å². The van der Waals surface area contributed by atoms with Gasteiger partial charge in [0.25, 0.3) is 5.91 Å². The minimum absolute atomic E-state index is 0.144. The molecule has 1 heterocycles. The molecule has 27 heavy (non-hydrogen) atoms. The number of rotatable bonds is 6. The molecule has 0 bridgehead atoms. The molecule has 2 unspecified atom stereocenters. The molecule has 7 nitrogen and oxygen atoms in total. The van der Waals surface area contributed by atoms with Crippen molar-refractivity contribution in [1.29, 1.82) is 0 Å². The number of hydroxylamine groups is 1. The van der Waals surface area contributed by atoms with Crippen LogP contribution in [0.5, 0.6) is 5.75 Å². The van der Waals surface area contributed by atoms with Crippen molar-refractivity contribution in [3.05, 3.63) is 29.3 Å². The zero-order valence-electron chi connectivity index (χ0n) is 16.2. The van der Waals surface area contributed by atoms with Gasteiger partial charge in [-0.15, -0.1) is 0 Å². The van der Waals surface area contributed by atoms with E-state index in [4.69, 9.17) is 25.9 Å². The summed E-state index contributed by atoms with van der Waals surface area (Å²) in [5.41, 5.74) is 1.88. The van der Waals surface area contributed by atoms with E-state index in [1.54, 1.807) is 36.1 Å². The van der Waals surface area contributed by atoms with E-state index >= 15 is 0 Å². The lowest BCUT2D eigenvalue weighted by molar-refractivity contribution is -0.141. The highest BCUT2D eigenvalue weighted by Gasteiger charge is 2.30. The minimum atomic E-state index is -0.715. The first-order chi connectivity index (χ1) is 12.6. The highest BCUT2D eigenvalue weighted by atomic mass is 35.5. The molecular formula is C19H27ClN2O5. The highest BCUT2D eigenvalue weighted by Crippen LogP contribution is 2.20. The zero-order chi connectivity index (χ0) is 20.0. The van der Waals surface area contributed by atoms with Gasteiger partial charge >= 0.3 is 6.09 Å². The largest absolute Gasteiger partial charge is 0.481 e. The number of hydrogen-bond acceptors (Lipinski definition) is 5. The summed E-state index contributed by atoms with van der Waals surface area (Å²) in [6, 6.07) is 6.76. The summed E-state index contributed by atoms with van der Waals surface area (Å²) in [6.45, 7) is 8.62. The van der Waals surface area contributed by atoms with Crippen molar-refractivity contribution >= 4 is 23.6 Å². The molecule has 1 fully saturated rings. The predicted octanol–water partition coefficient (Wildman–Crippen LogP) is 3.41. The Hall–Kier alpha value is -1.99. The Morgan fingerprint density at radius 3 is 2.59 bits per heavy atom. The maximum absolute atomic E-state index is 12.0. The molecule has 2 rings (SSSR count). The molecule has 0 radical (unpaired) electrons. The number of likely N-dealkylation sites (tertiary alicyclic amines) is 1. The van der Waals surface area contributed by atoms with Gasteiger partial charge in [0.1, 0.15) is 11.4 Å². The van der Waals surface area contributed by atoms with Crippen LogP contribution in [-0.4, -0.2) is 48.3 Å². The second-order valence-electron chi connectivity index (χ2n) is 7.57. The number of carbonyl (C=O) groups is 2. The number of amides is 2. The number of carbonyl (C=O) groups excluding carboxylic acids is 2. The third-order valence-corrected chi connectivity index (χ3v) is 4.18. The molecule has 0 saturated carbocycles. The second-order valence-corrected chi connectivity index (χ2v) is 8.01. The molecule has 1 aliphatic rings. The second kappa shape index (κ2) is 9.28. The first-order valence-corrected chi connectivity index (χ1v) is 9.33. The lowest BCUT2D eigenvalue weighted by atomic mass is 10.1. The number of hydrogen-bond donors (Lipinski definition) is 1. The van der Waals surface area contributed by atoms with Crippen LogP contribution < -0.4 is 10.2 Å². The zero-order valence-corrected chi connectivity index (χ0v) is 16.9. The molecule has 0 aromatic heterocycles. The van der Waals surface area contributed by atoms with E-state index in [0.717, 1.165) is 6.42 Å². The van der Waals surface area contributed by atoms with E-state index in [1.807, 2.05) is 20.8 Å². The van der Waals surface area contributed by atoms with Crippen LogP contribution in [0.3, 0.4) is 0 Å². The Balaban J connectivity index is 1.68. The highest BCUT2D eigenvalue weighted by molar-refractivity contribution is 6.30. The van der Waals surface area contributed by atoms with Crippen molar-refractivity contribution in [3.8, 4) is 5.75 Å². The Bertz CT molecular complexity index is 644. The smallest absolute Gasteiger partial charge is 0.410 e. The van der Waals surface area contributed by atoms with Crippen LogP contribution >= 0.6 is 11.6 Å². The fourth-order valence-corrected chi connectivity index (χ4v) is 2.67. The predicted molar refractivity (Wildman–Crippen MR) is 102 cm³/mol. The van der Waals surface area contributed by atoms with Crippen LogP contribution in [0.25, 0.3) is 0 Å². The average Bonchev–Trinajstić information content (AvgIpc) is 3.04. The summed E-state index contributed by atoms with van der Waals surface area (Å²) < 4.78 is 10.9. The summed E-state index contributed by atoms with van der Waals surface area (Å²) in [5.74, 6) is 0.308. The number of ether oxygens (including phenoxy) is 2. The lowest BCUT2D eigenvalue weighted by Crippen LogP contribution is -2.38. The fraction of sp³-hybridized carbons (Fsp3) is 0.579. The van der Waals surface area contributed by atoms with Crippen molar-refractivity contribution < 1.29 is 23.9 Å². The standard InChI is InChI=1S/C19H27ClN2O5/c1-13(26-16-7-5-15(20)6-8-16)17(23)21-25-12-14-9-10-22(11-14)18(24)27-19(2,3)4/h5-8,13-14H,9-12H2,1-4H3,(H,21,23). The van der Waals surface area contributed by atoms with Crippen LogP contribution in [0.2, 0.25) is 5.02 Å². The molecule has 0 aliphatic carbocycles. The van der Waals surface area contributed by atoms with Gasteiger partial charge < -0.3 is 14.4 Å². The Morgan fingerprint density at radius 1 is 1.30 bits per heavy atom. The Labute approximate surface area is 164 Å². The third-order valence-electron chi connectivity index (χ3n) is 3.93. The molecule has 0 spiro atoms. The van der Waals surface area contributed by atoms with Crippen molar-refractivity contribution in [1.82, 2.24) is 10.4 Å². The molecule has 1 aromatic rings. The quantitative estimate of drug-likeness (QED) is 0.743. The van der Waals surface area contributed by atoms with Crippen LogP contribution in [0.1, 0.15) is 34.1 Å².